The number of sulfonamides is 1. The molecule has 5 nitrogen and oxygen atoms in total. The number of benzene rings is 2. The number of halogens is 1. The fraction of sp³-hybridized carbons (Fsp3) is 0.381. The molecule has 1 aliphatic heterocycles. The van der Waals surface area contributed by atoms with Crippen LogP contribution in [0.15, 0.2) is 53.4 Å². The molecule has 0 radical (unpaired) electrons. The van der Waals surface area contributed by atoms with Crippen LogP contribution in [0, 0.1) is 5.82 Å². The zero-order chi connectivity index (χ0) is 20.3. The Morgan fingerprint density at radius 2 is 1.61 bits per heavy atom. The third kappa shape index (κ3) is 4.59. The number of nitrogens with zero attached hydrogens (tertiary/aromatic N) is 1. The topological polar surface area (TPSA) is 66.5 Å². The van der Waals surface area contributed by atoms with Gasteiger partial charge in [-0.15, -0.1) is 0 Å². The molecule has 0 saturated carbocycles. The quantitative estimate of drug-likeness (QED) is 0.820. The Hall–Kier alpha value is -2.25. The highest BCUT2D eigenvalue weighted by molar-refractivity contribution is 7.89. The van der Waals surface area contributed by atoms with Gasteiger partial charge in [-0.3, -0.25) is 4.79 Å². The molecule has 1 aliphatic rings. The van der Waals surface area contributed by atoms with E-state index in [4.69, 9.17) is 0 Å². The summed E-state index contributed by atoms with van der Waals surface area (Å²) < 4.78 is 40.6. The van der Waals surface area contributed by atoms with Gasteiger partial charge >= 0.3 is 0 Å². The normalized spacial score (nSPS) is 20.7. The first-order valence-corrected chi connectivity index (χ1v) is 10.9. The predicted molar refractivity (Wildman–Crippen MR) is 107 cm³/mol. The molecular formula is C21H25FN2O3S. The maximum absolute atomic E-state index is 13.0. The van der Waals surface area contributed by atoms with E-state index >= 15 is 0 Å². The van der Waals surface area contributed by atoms with E-state index in [0.29, 0.717) is 11.3 Å². The Kier molecular flexibility index (Phi) is 6.15. The average Bonchev–Trinajstić information content (AvgIpc) is 2.64. The number of carbonyl (C=O) groups is 1. The van der Waals surface area contributed by atoms with Crippen LogP contribution in [-0.4, -0.2) is 30.7 Å². The number of carbonyl (C=O) groups excluding carboxylic acids is 1. The maximum atomic E-state index is 13.0. The van der Waals surface area contributed by atoms with Gasteiger partial charge in [-0.25, -0.2) is 12.8 Å². The summed E-state index contributed by atoms with van der Waals surface area (Å²) in [7, 11) is -3.57. The average molecular weight is 405 g/mol. The molecule has 0 aliphatic carbocycles. The lowest BCUT2D eigenvalue weighted by molar-refractivity contribution is -0.115. The summed E-state index contributed by atoms with van der Waals surface area (Å²) in [6, 6.07) is 11.9. The highest BCUT2D eigenvalue weighted by atomic mass is 32.2. The first-order chi connectivity index (χ1) is 13.3. The Morgan fingerprint density at radius 3 is 2.18 bits per heavy atom. The van der Waals surface area contributed by atoms with E-state index in [0.717, 1.165) is 19.3 Å². The van der Waals surface area contributed by atoms with Crippen LogP contribution < -0.4 is 5.32 Å². The second-order valence-corrected chi connectivity index (χ2v) is 9.18. The van der Waals surface area contributed by atoms with Crippen LogP contribution in [-0.2, 0) is 21.2 Å². The maximum Gasteiger partial charge on any atom is 0.243 e. The van der Waals surface area contributed by atoms with Crippen molar-refractivity contribution in [3.05, 3.63) is 59.9 Å². The van der Waals surface area contributed by atoms with Crippen LogP contribution in [0.4, 0.5) is 10.1 Å². The molecule has 1 fully saturated rings. The first kappa shape index (κ1) is 20.5. The number of hydrogen-bond acceptors (Lipinski definition) is 3. The summed E-state index contributed by atoms with van der Waals surface area (Å²) in [5, 5.41) is 2.74. The van der Waals surface area contributed by atoms with E-state index in [2.05, 4.69) is 5.32 Å². The lowest BCUT2D eigenvalue weighted by Crippen LogP contribution is -2.47. The standard InChI is InChI=1S/C21H25FN2O3S/c1-15-4-3-5-16(2)24(15)28(26,27)20-12-10-19(11-13-20)23-21(25)14-17-6-8-18(22)9-7-17/h6-13,15-16H,3-5,14H2,1-2H3,(H,23,25). The second kappa shape index (κ2) is 8.41. The molecule has 1 N–H and O–H groups in total. The zero-order valence-electron chi connectivity index (χ0n) is 16.1. The van der Waals surface area contributed by atoms with Crippen molar-refractivity contribution in [1.82, 2.24) is 4.31 Å². The van der Waals surface area contributed by atoms with E-state index in [1.54, 1.807) is 28.6 Å². The van der Waals surface area contributed by atoms with Gasteiger partial charge in [0.1, 0.15) is 5.82 Å². The SMILES string of the molecule is CC1CCCC(C)N1S(=O)(=O)c1ccc(NC(=O)Cc2ccc(F)cc2)cc1. The van der Waals surface area contributed by atoms with Crippen molar-refractivity contribution in [2.75, 3.05) is 5.32 Å². The van der Waals surface area contributed by atoms with E-state index in [9.17, 15) is 17.6 Å². The molecule has 2 atom stereocenters. The van der Waals surface area contributed by atoms with Crippen LogP contribution in [0.5, 0.6) is 0 Å². The lowest BCUT2D eigenvalue weighted by atomic mass is 10.0. The van der Waals surface area contributed by atoms with Crippen molar-refractivity contribution >= 4 is 21.6 Å². The molecule has 0 spiro atoms. The molecule has 2 aromatic carbocycles. The van der Waals surface area contributed by atoms with E-state index in [1.165, 1.54) is 24.3 Å². The van der Waals surface area contributed by atoms with E-state index in [-0.39, 0.29) is 35.1 Å². The van der Waals surface area contributed by atoms with E-state index < -0.39 is 10.0 Å². The van der Waals surface area contributed by atoms with Crippen LogP contribution in [0.3, 0.4) is 0 Å². The molecule has 150 valence electrons. The number of hydrogen-bond donors (Lipinski definition) is 1. The minimum atomic E-state index is -3.57. The predicted octanol–water partition coefficient (Wildman–Crippen LogP) is 3.96. The third-order valence-corrected chi connectivity index (χ3v) is 7.25. The minimum absolute atomic E-state index is 0.0242. The fourth-order valence-electron chi connectivity index (χ4n) is 3.70. The third-order valence-electron chi connectivity index (χ3n) is 5.10. The molecule has 0 aromatic heterocycles. The Labute approximate surface area is 165 Å². The highest BCUT2D eigenvalue weighted by Crippen LogP contribution is 2.29. The number of piperidine rings is 1. The molecule has 3 rings (SSSR count). The summed E-state index contributed by atoms with van der Waals surface area (Å²) in [5.41, 5.74) is 1.22. The van der Waals surface area contributed by atoms with Crippen LogP contribution >= 0.6 is 0 Å². The molecule has 2 unspecified atom stereocenters. The Balaban J connectivity index is 1.68. The largest absolute Gasteiger partial charge is 0.326 e. The molecule has 1 heterocycles. The van der Waals surface area contributed by atoms with Crippen molar-refractivity contribution in [3.63, 3.8) is 0 Å². The van der Waals surface area contributed by atoms with Gasteiger partial charge in [0.25, 0.3) is 0 Å². The van der Waals surface area contributed by atoms with Gasteiger partial charge in [-0.2, -0.15) is 4.31 Å². The molecule has 7 heteroatoms. The molecule has 2 aromatic rings. The lowest BCUT2D eigenvalue weighted by Gasteiger charge is -2.37. The van der Waals surface area contributed by atoms with Crippen molar-refractivity contribution in [2.45, 2.75) is 56.5 Å². The monoisotopic (exact) mass is 404 g/mol. The number of anilines is 1. The Morgan fingerprint density at radius 1 is 1.04 bits per heavy atom. The number of rotatable bonds is 5. The molecule has 28 heavy (non-hydrogen) atoms. The summed E-state index contributed by atoms with van der Waals surface area (Å²) in [6.45, 7) is 3.88. The molecular weight excluding hydrogens is 379 g/mol. The minimum Gasteiger partial charge on any atom is -0.326 e. The van der Waals surface area contributed by atoms with Crippen LogP contribution in [0.25, 0.3) is 0 Å². The smallest absolute Gasteiger partial charge is 0.243 e. The van der Waals surface area contributed by atoms with Gasteiger partial charge < -0.3 is 5.32 Å². The molecule has 0 bridgehead atoms. The number of nitrogens with one attached hydrogen (secondary N) is 1. The zero-order valence-corrected chi connectivity index (χ0v) is 16.9. The van der Waals surface area contributed by atoms with Crippen LogP contribution in [0.2, 0.25) is 0 Å². The second-order valence-electron chi connectivity index (χ2n) is 7.34. The Bertz CT molecular complexity index is 917. The summed E-state index contributed by atoms with van der Waals surface area (Å²) in [4.78, 5) is 12.4. The van der Waals surface area contributed by atoms with Crippen LogP contribution in [0.1, 0.15) is 38.7 Å². The van der Waals surface area contributed by atoms with Crippen molar-refractivity contribution in [3.8, 4) is 0 Å². The summed E-state index contributed by atoms with van der Waals surface area (Å²) in [6.07, 6.45) is 2.87. The first-order valence-electron chi connectivity index (χ1n) is 9.45. The number of amides is 1. The molecule has 1 amide bonds. The van der Waals surface area contributed by atoms with Gasteiger partial charge in [0.2, 0.25) is 15.9 Å². The summed E-state index contributed by atoms with van der Waals surface area (Å²) in [5.74, 6) is -0.598. The van der Waals surface area contributed by atoms with Crippen molar-refractivity contribution < 1.29 is 17.6 Å². The van der Waals surface area contributed by atoms with Gasteiger partial charge in [0.05, 0.1) is 11.3 Å². The van der Waals surface area contributed by atoms with Gasteiger partial charge in [0.15, 0.2) is 0 Å². The summed E-state index contributed by atoms with van der Waals surface area (Å²) >= 11 is 0. The fourth-order valence-corrected chi connectivity index (χ4v) is 5.58. The van der Waals surface area contributed by atoms with Crippen molar-refractivity contribution in [1.29, 1.82) is 0 Å². The van der Waals surface area contributed by atoms with Gasteiger partial charge in [0, 0.05) is 17.8 Å². The molecule has 1 saturated heterocycles. The van der Waals surface area contributed by atoms with Crippen molar-refractivity contribution in [2.24, 2.45) is 0 Å². The van der Waals surface area contributed by atoms with Gasteiger partial charge in [-0.05, 0) is 68.7 Å². The highest BCUT2D eigenvalue weighted by Gasteiger charge is 2.35. The van der Waals surface area contributed by atoms with Gasteiger partial charge in [-0.1, -0.05) is 18.6 Å². The van der Waals surface area contributed by atoms with E-state index in [1.807, 2.05) is 13.8 Å².